The monoisotopic (exact) mass is 698 g/mol. The zero-order valence-corrected chi connectivity index (χ0v) is 29.9. The average molecular weight is 699 g/mol. The van der Waals surface area contributed by atoms with Crippen molar-refractivity contribution in [3.05, 3.63) is 106 Å². The van der Waals surface area contributed by atoms with E-state index in [4.69, 9.17) is 0 Å². The number of piperidine rings is 1. The summed E-state index contributed by atoms with van der Waals surface area (Å²) in [6.45, 7) is 6.68. The maximum atomic E-state index is 13.4. The Bertz CT molecular complexity index is 1840. The number of benzene rings is 2. The molecule has 0 unspecified atom stereocenters. The number of carbonyl (C=O) groups is 3. The fourth-order valence-corrected chi connectivity index (χ4v) is 7.70. The fraction of sp³-hybridized carbons (Fsp3) is 0.421. The van der Waals surface area contributed by atoms with Crippen molar-refractivity contribution in [2.75, 3.05) is 39.0 Å². The molecule has 11 nitrogen and oxygen atoms in total. The highest BCUT2D eigenvalue weighted by Crippen LogP contribution is 2.49. The minimum atomic E-state index is -0.172. The summed E-state index contributed by atoms with van der Waals surface area (Å²) in [5.74, 6) is -0.255. The minimum Gasteiger partial charge on any atom is -0.347 e. The molecule has 2 aromatic carbocycles. The summed E-state index contributed by atoms with van der Waals surface area (Å²) in [7, 11) is 3.53. The molecule has 2 aliphatic heterocycles. The van der Waals surface area contributed by atoms with Gasteiger partial charge in [-0.1, -0.05) is 24.3 Å². The van der Waals surface area contributed by atoms with Gasteiger partial charge < -0.3 is 25.4 Å². The largest absolute Gasteiger partial charge is 0.347 e. The van der Waals surface area contributed by atoms with Gasteiger partial charge in [0.2, 0.25) is 0 Å². The summed E-state index contributed by atoms with van der Waals surface area (Å²) >= 11 is 0. The molecule has 264 valence electrons. The quantitative estimate of drug-likeness (QED) is 0.224. The number of nitrogens with zero attached hydrogens (tertiary/aromatic N) is 5. The molecule has 1 spiro atoms. The SMILES string of the molecule is Cc1c(C(=O)Nc2ccc(CNC(=O)c3ccc4n3CCN(Cc3ccc(C(=O)N(C)C)cc3)C43CCC3)cc2)cnn1C1CCNCC1.Cl. The van der Waals surface area contributed by atoms with Crippen LogP contribution in [0.3, 0.4) is 0 Å². The van der Waals surface area contributed by atoms with Crippen LogP contribution in [0.1, 0.15) is 91.9 Å². The van der Waals surface area contributed by atoms with Gasteiger partial charge in [-0.15, -0.1) is 12.4 Å². The molecule has 7 rings (SSSR count). The summed E-state index contributed by atoms with van der Waals surface area (Å²) < 4.78 is 4.20. The lowest BCUT2D eigenvalue weighted by Crippen LogP contribution is -2.56. The van der Waals surface area contributed by atoms with E-state index in [1.165, 1.54) is 11.3 Å². The third-order valence-electron chi connectivity index (χ3n) is 10.7. The highest BCUT2D eigenvalue weighted by Gasteiger charge is 2.48. The molecule has 2 aromatic heterocycles. The molecule has 1 aliphatic carbocycles. The van der Waals surface area contributed by atoms with E-state index < -0.39 is 0 Å². The van der Waals surface area contributed by atoms with Crippen LogP contribution in [0.2, 0.25) is 0 Å². The number of hydrogen-bond acceptors (Lipinski definition) is 6. The summed E-state index contributed by atoms with van der Waals surface area (Å²) in [5, 5.41) is 14.0. The van der Waals surface area contributed by atoms with Crippen molar-refractivity contribution in [2.45, 2.75) is 70.2 Å². The number of hydrogen-bond donors (Lipinski definition) is 3. The van der Waals surface area contributed by atoms with E-state index in [1.807, 2.05) is 54.1 Å². The van der Waals surface area contributed by atoms with E-state index in [1.54, 1.807) is 25.2 Å². The van der Waals surface area contributed by atoms with Crippen molar-refractivity contribution >= 4 is 35.8 Å². The third-order valence-corrected chi connectivity index (χ3v) is 10.7. The van der Waals surface area contributed by atoms with Crippen LogP contribution in [0.25, 0.3) is 0 Å². The zero-order chi connectivity index (χ0) is 34.1. The van der Waals surface area contributed by atoms with Crippen LogP contribution in [0.15, 0.2) is 66.9 Å². The highest BCUT2D eigenvalue weighted by atomic mass is 35.5. The van der Waals surface area contributed by atoms with Gasteiger partial charge in [0.25, 0.3) is 17.7 Å². The summed E-state index contributed by atoms with van der Waals surface area (Å²) in [5.41, 5.74) is 6.84. The van der Waals surface area contributed by atoms with Crippen LogP contribution in [-0.2, 0) is 25.2 Å². The molecule has 4 heterocycles. The first-order valence-electron chi connectivity index (χ1n) is 17.4. The first kappa shape index (κ1) is 35.4. The lowest BCUT2D eigenvalue weighted by molar-refractivity contribution is -0.0217. The number of rotatable bonds is 9. The third kappa shape index (κ3) is 6.82. The minimum absolute atomic E-state index is 0. The Morgan fingerprint density at radius 3 is 2.28 bits per heavy atom. The summed E-state index contributed by atoms with van der Waals surface area (Å²) in [6, 6.07) is 20.0. The van der Waals surface area contributed by atoms with Crippen LogP contribution in [-0.4, -0.2) is 75.6 Å². The van der Waals surface area contributed by atoms with Gasteiger partial charge in [-0.25, -0.2) is 0 Å². The summed E-state index contributed by atoms with van der Waals surface area (Å²) in [4.78, 5) is 43.0. The van der Waals surface area contributed by atoms with Gasteiger partial charge in [0, 0.05) is 62.9 Å². The number of halogens is 1. The maximum absolute atomic E-state index is 13.4. The maximum Gasteiger partial charge on any atom is 0.268 e. The van der Waals surface area contributed by atoms with Gasteiger partial charge in [-0.3, -0.25) is 24.0 Å². The second-order valence-electron chi connectivity index (χ2n) is 13.9. The van der Waals surface area contributed by atoms with E-state index in [0.717, 1.165) is 76.1 Å². The van der Waals surface area contributed by atoms with Crippen molar-refractivity contribution in [1.29, 1.82) is 0 Å². The Balaban J connectivity index is 0.00000432. The molecule has 12 heteroatoms. The molecule has 1 saturated carbocycles. The molecule has 50 heavy (non-hydrogen) atoms. The number of anilines is 1. The van der Waals surface area contributed by atoms with Crippen molar-refractivity contribution in [1.82, 2.24) is 34.8 Å². The van der Waals surface area contributed by atoms with Crippen LogP contribution in [0.4, 0.5) is 5.69 Å². The normalized spacial score (nSPS) is 16.9. The Kier molecular flexibility index (Phi) is 10.5. The van der Waals surface area contributed by atoms with E-state index in [9.17, 15) is 14.4 Å². The average Bonchev–Trinajstić information content (AvgIpc) is 3.71. The first-order valence-corrected chi connectivity index (χ1v) is 17.4. The summed E-state index contributed by atoms with van der Waals surface area (Å²) in [6.07, 6.45) is 6.98. The fourth-order valence-electron chi connectivity index (χ4n) is 7.70. The van der Waals surface area contributed by atoms with Crippen molar-refractivity contribution in [3.8, 4) is 0 Å². The molecule has 2 fully saturated rings. The van der Waals surface area contributed by atoms with Crippen molar-refractivity contribution in [3.63, 3.8) is 0 Å². The standard InChI is InChI=1S/C38H46N8O3.ClH/c1-26-32(24-41-46(26)31-15-19-39-20-16-31)35(47)42-30-11-7-27(8-12-30)23-40-36(48)33-13-14-34-38(17-4-18-38)44(21-22-45(33)34)25-28-5-9-29(10-6-28)37(49)43(2)3;/h5-14,24,31,39H,4,15-23,25H2,1-3H3,(H,40,48)(H,42,47);1H. The Labute approximate surface area is 299 Å². The number of carbonyl (C=O) groups excluding carboxylic acids is 3. The molecule has 3 N–H and O–H groups in total. The highest BCUT2D eigenvalue weighted by molar-refractivity contribution is 6.05. The van der Waals surface area contributed by atoms with Gasteiger partial charge in [0.1, 0.15) is 5.69 Å². The van der Waals surface area contributed by atoms with Gasteiger partial charge in [-0.05, 0) is 99.6 Å². The Hall–Kier alpha value is -4.45. The van der Waals surface area contributed by atoms with Crippen molar-refractivity contribution in [2.24, 2.45) is 0 Å². The first-order chi connectivity index (χ1) is 23.7. The lowest BCUT2D eigenvalue weighted by Gasteiger charge is -2.53. The van der Waals surface area contributed by atoms with E-state index >= 15 is 0 Å². The number of fused-ring (bicyclic) bond motifs is 2. The van der Waals surface area contributed by atoms with E-state index in [2.05, 4.69) is 48.7 Å². The molecular weight excluding hydrogens is 652 g/mol. The second-order valence-corrected chi connectivity index (χ2v) is 13.9. The number of amides is 3. The molecule has 0 atom stereocenters. The van der Waals surface area contributed by atoms with Gasteiger partial charge in [0.15, 0.2) is 0 Å². The Morgan fingerprint density at radius 2 is 1.62 bits per heavy atom. The predicted molar refractivity (Wildman–Crippen MR) is 196 cm³/mol. The Morgan fingerprint density at radius 1 is 0.920 bits per heavy atom. The van der Waals surface area contributed by atoms with Gasteiger partial charge in [0.05, 0.1) is 23.3 Å². The zero-order valence-electron chi connectivity index (χ0n) is 29.1. The molecular formula is C38H47ClN8O3. The molecule has 0 bridgehead atoms. The molecule has 1 saturated heterocycles. The van der Waals surface area contributed by atoms with Crippen LogP contribution < -0.4 is 16.0 Å². The lowest BCUT2D eigenvalue weighted by atomic mass is 9.71. The van der Waals surface area contributed by atoms with Crippen LogP contribution in [0, 0.1) is 6.92 Å². The smallest absolute Gasteiger partial charge is 0.268 e. The van der Waals surface area contributed by atoms with Crippen molar-refractivity contribution < 1.29 is 14.4 Å². The second kappa shape index (κ2) is 14.8. The molecule has 0 radical (unpaired) electrons. The predicted octanol–water partition coefficient (Wildman–Crippen LogP) is 5.12. The van der Waals surface area contributed by atoms with E-state index in [0.29, 0.717) is 35.1 Å². The number of aromatic nitrogens is 3. The van der Waals surface area contributed by atoms with Crippen LogP contribution >= 0.6 is 12.4 Å². The topological polar surface area (TPSA) is 117 Å². The molecule has 4 aromatic rings. The van der Waals surface area contributed by atoms with Gasteiger partial charge >= 0.3 is 0 Å². The molecule has 3 aliphatic rings. The van der Waals surface area contributed by atoms with Gasteiger partial charge in [-0.2, -0.15) is 5.10 Å². The van der Waals surface area contributed by atoms with Crippen LogP contribution in [0.5, 0.6) is 0 Å². The number of nitrogens with one attached hydrogen (secondary N) is 3. The molecule has 3 amide bonds. The van der Waals surface area contributed by atoms with E-state index in [-0.39, 0.29) is 35.7 Å².